The number of aromatic nitrogens is 2. The van der Waals surface area contributed by atoms with Crippen molar-refractivity contribution >= 4 is 28.6 Å². The van der Waals surface area contributed by atoms with E-state index in [2.05, 4.69) is 10.4 Å². The second-order valence-electron chi connectivity index (χ2n) is 4.78. The Hall–Kier alpha value is -2.88. The molecule has 0 aliphatic heterocycles. The predicted octanol–water partition coefficient (Wildman–Crippen LogP) is 3.23. The van der Waals surface area contributed by atoms with Crippen molar-refractivity contribution in [1.82, 2.24) is 9.78 Å². The number of nitrogens with zero attached hydrogens (tertiary/aromatic N) is 2. The van der Waals surface area contributed by atoms with Gasteiger partial charge in [-0.2, -0.15) is 5.10 Å². The van der Waals surface area contributed by atoms with Gasteiger partial charge in [0.25, 0.3) is 0 Å². The first-order valence-corrected chi connectivity index (χ1v) is 6.68. The lowest BCUT2D eigenvalue weighted by Crippen LogP contribution is -2.07. The van der Waals surface area contributed by atoms with Gasteiger partial charge in [-0.3, -0.25) is 9.48 Å². The molecule has 104 valence electrons. The molecule has 3 aromatic rings. The molecule has 1 heterocycles. The predicted molar refractivity (Wildman–Crippen MR) is 84.8 cm³/mol. The summed E-state index contributed by atoms with van der Waals surface area (Å²) in [5.41, 5.74) is 2.83. The summed E-state index contributed by atoms with van der Waals surface area (Å²) in [4.78, 5) is 11.8. The first-order valence-electron chi connectivity index (χ1n) is 6.68. The first kappa shape index (κ1) is 13.1. The fraction of sp³-hybridized carbons (Fsp3) is 0.0588. The molecule has 0 spiro atoms. The molecule has 0 atom stereocenters. The zero-order valence-electron chi connectivity index (χ0n) is 11.7. The molecule has 21 heavy (non-hydrogen) atoms. The molecule has 0 saturated heterocycles. The van der Waals surface area contributed by atoms with E-state index in [9.17, 15) is 4.79 Å². The number of benzene rings is 2. The van der Waals surface area contributed by atoms with Crippen molar-refractivity contribution in [3.8, 4) is 0 Å². The lowest BCUT2D eigenvalue weighted by molar-refractivity contribution is -0.111. The number of aryl methyl sites for hydroxylation is 1. The molecular weight excluding hydrogens is 262 g/mol. The van der Waals surface area contributed by atoms with Crippen molar-refractivity contribution in [3.63, 3.8) is 0 Å². The molecule has 3 rings (SSSR count). The number of para-hydroxylation sites is 1. The highest BCUT2D eigenvalue weighted by atomic mass is 16.1. The summed E-state index contributed by atoms with van der Waals surface area (Å²) in [5, 5.41) is 8.07. The summed E-state index contributed by atoms with van der Waals surface area (Å²) < 4.78 is 1.82. The van der Waals surface area contributed by atoms with Crippen LogP contribution in [0.5, 0.6) is 0 Å². The Morgan fingerprint density at radius 3 is 2.81 bits per heavy atom. The van der Waals surface area contributed by atoms with Crippen LogP contribution in [0.3, 0.4) is 0 Å². The van der Waals surface area contributed by atoms with Gasteiger partial charge in [0.1, 0.15) is 0 Å². The molecule has 2 aromatic carbocycles. The van der Waals surface area contributed by atoms with E-state index in [0.717, 1.165) is 22.2 Å². The molecule has 1 aromatic heterocycles. The van der Waals surface area contributed by atoms with Crippen LogP contribution in [0.1, 0.15) is 5.56 Å². The molecule has 1 amide bonds. The number of hydrogen-bond donors (Lipinski definition) is 1. The molecule has 4 nitrogen and oxygen atoms in total. The molecular formula is C17H15N3O. The number of fused-ring (bicyclic) bond motifs is 1. The third kappa shape index (κ3) is 3.00. The lowest BCUT2D eigenvalue weighted by Gasteiger charge is -2.00. The van der Waals surface area contributed by atoms with E-state index in [1.54, 1.807) is 6.08 Å². The number of nitrogens with one attached hydrogen (secondary N) is 1. The Morgan fingerprint density at radius 2 is 2.00 bits per heavy atom. The number of carbonyl (C=O) groups excluding carboxylic acids is 1. The van der Waals surface area contributed by atoms with Gasteiger partial charge in [-0.25, -0.2) is 0 Å². The second kappa shape index (κ2) is 5.63. The van der Waals surface area contributed by atoms with Crippen LogP contribution >= 0.6 is 0 Å². The van der Waals surface area contributed by atoms with E-state index in [1.807, 2.05) is 66.5 Å². The minimum absolute atomic E-state index is 0.146. The molecule has 4 heteroatoms. The Morgan fingerprint density at radius 1 is 1.19 bits per heavy atom. The molecule has 0 fully saturated rings. The normalized spacial score (nSPS) is 11.1. The van der Waals surface area contributed by atoms with Crippen molar-refractivity contribution in [3.05, 3.63) is 66.4 Å². The Bertz CT molecular complexity index is 803. The van der Waals surface area contributed by atoms with Gasteiger partial charge in [-0.15, -0.1) is 0 Å². The van der Waals surface area contributed by atoms with Crippen LogP contribution in [0.15, 0.2) is 60.8 Å². The molecule has 0 aliphatic carbocycles. The van der Waals surface area contributed by atoms with E-state index < -0.39 is 0 Å². The third-order valence-corrected chi connectivity index (χ3v) is 3.24. The number of hydrogen-bond acceptors (Lipinski definition) is 2. The van der Waals surface area contributed by atoms with Crippen molar-refractivity contribution in [2.45, 2.75) is 0 Å². The molecule has 0 radical (unpaired) electrons. The average Bonchev–Trinajstić information content (AvgIpc) is 2.87. The van der Waals surface area contributed by atoms with Gasteiger partial charge >= 0.3 is 0 Å². The minimum atomic E-state index is -0.146. The van der Waals surface area contributed by atoms with Crippen LogP contribution in [0.4, 0.5) is 5.69 Å². The molecule has 0 unspecified atom stereocenters. The standard InChI is InChI=1S/C17H15N3O/c1-20-16-9-7-13(11-14(16)12-18-20)8-10-17(21)19-15-5-3-2-4-6-15/h2-12H,1H3,(H,19,21)/b10-8+. The van der Waals surface area contributed by atoms with Crippen LogP contribution < -0.4 is 5.32 Å². The minimum Gasteiger partial charge on any atom is -0.323 e. The Labute approximate surface area is 122 Å². The number of rotatable bonds is 3. The van der Waals surface area contributed by atoms with E-state index in [0.29, 0.717) is 0 Å². The SMILES string of the molecule is Cn1ncc2cc(/C=C/C(=O)Nc3ccccc3)ccc21. The topological polar surface area (TPSA) is 46.9 Å². The van der Waals surface area contributed by atoms with Crippen LogP contribution in [0.2, 0.25) is 0 Å². The fourth-order valence-corrected chi connectivity index (χ4v) is 2.16. The number of amides is 1. The number of carbonyl (C=O) groups is 1. The molecule has 0 bridgehead atoms. The Kier molecular flexibility index (Phi) is 3.51. The molecule has 0 saturated carbocycles. The third-order valence-electron chi connectivity index (χ3n) is 3.24. The summed E-state index contributed by atoms with van der Waals surface area (Å²) in [7, 11) is 1.91. The quantitative estimate of drug-likeness (QED) is 0.747. The van der Waals surface area contributed by atoms with Crippen molar-refractivity contribution in [2.75, 3.05) is 5.32 Å². The largest absolute Gasteiger partial charge is 0.323 e. The first-order chi connectivity index (χ1) is 10.2. The maximum Gasteiger partial charge on any atom is 0.248 e. The van der Waals surface area contributed by atoms with Gasteiger partial charge in [0.05, 0.1) is 11.7 Å². The summed E-state index contributed by atoms with van der Waals surface area (Å²) in [6.07, 6.45) is 5.14. The van der Waals surface area contributed by atoms with Crippen LogP contribution in [-0.4, -0.2) is 15.7 Å². The fourth-order valence-electron chi connectivity index (χ4n) is 2.16. The van der Waals surface area contributed by atoms with Crippen molar-refractivity contribution in [2.24, 2.45) is 7.05 Å². The van der Waals surface area contributed by atoms with Crippen LogP contribution in [-0.2, 0) is 11.8 Å². The molecule has 0 aliphatic rings. The van der Waals surface area contributed by atoms with E-state index in [4.69, 9.17) is 0 Å². The van der Waals surface area contributed by atoms with Crippen LogP contribution in [0, 0.1) is 0 Å². The summed E-state index contributed by atoms with van der Waals surface area (Å²) >= 11 is 0. The average molecular weight is 277 g/mol. The van der Waals surface area contributed by atoms with E-state index in [1.165, 1.54) is 6.08 Å². The van der Waals surface area contributed by atoms with Gasteiger partial charge in [-0.05, 0) is 35.9 Å². The smallest absolute Gasteiger partial charge is 0.248 e. The zero-order valence-corrected chi connectivity index (χ0v) is 11.7. The summed E-state index contributed by atoms with van der Waals surface area (Å²) in [6, 6.07) is 15.4. The van der Waals surface area contributed by atoms with Crippen LogP contribution in [0.25, 0.3) is 17.0 Å². The summed E-state index contributed by atoms with van der Waals surface area (Å²) in [6.45, 7) is 0. The second-order valence-corrected chi connectivity index (χ2v) is 4.78. The highest BCUT2D eigenvalue weighted by Crippen LogP contribution is 2.16. The monoisotopic (exact) mass is 277 g/mol. The maximum atomic E-state index is 11.8. The van der Waals surface area contributed by atoms with Gasteiger partial charge in [-0.1, -0.05) is 24.3 Å². The molecule has 1 N–H and O–H groups in total. The lowest BCUT2D eigenvalue weighted by atomic mass is 10.1. The van der Waals surface area contributed by atoms with Crippen molar-refractivity contribution < 1.29 is 4.79 Å². The van der Waals surface area contributed by atoms with Gasteiger partial charge < -0.3 is 5.32 Å². The van der Waals surface area contributed by atoms with E-state index in [-0.39, 0.29) is 5.91 Å². The highest BCUT2D eigenvalue weighted by molar-refractivity contribution is 6.02. The summed E-state index contributed by atoms with van der Waals surface area (Å²) in [5.74, 6) is -0.146. The maximum absolute atomic E-state index is 11.8. The van der Waals surface area contributed by atoms with Gasteiger partial charge in [0, 0.05) is 24.2 Å². The zero-order chi connectivity index (χ0) is 14.7. The highest BCUT2D eigenvalue weighted by Gasteiger charge is 2.00. The van der Waals surface area contributed by atoms with Crippen molar-refractivity contribution in [1.29, 1.82) is 0 Å². The van der Waals surface area contributed by atoms with Gasteiger partial charge in [0.15, 0.2) is 0 Å². The number of anilines is 1. The van der Waals surface area contributed by atoms with Gasteiger partial charge in [0.2, 0.25) is 5.91 Å². The van der Waals surface area contributed by atoms with E-state index >= 15 is 0 Å². The Balaban J connectivity index is 1.73.